The normalized spacial score (nSPS) is 16.8. The maximum Gasteiger partial charge on any atom is 0.236 e. The van der Waals surface area contributed by atoms with E-state index in [0.29, 0.717) is 26.2 Å². The fraction of sp³-hybridized carbons (Fsp3) is 0.318. The average molecular weight is 414 g/mol. The summed E-state index contributed by atoms with van der Waals surface area (Å²) in [4.78, 5) is 14.2. The molecule has 1 N–H and O–H groups in total. The van der Waals surface area contributed by atoms with Gasteiger partial charge in [-0.25, -0.2) is 8.42 Å². The number of benzene rings is 2. The van der Waals surface area contributed by atoms with Gasteiger partial charge in [0.2, 0.25) is 15.9 Å². The van der Waals surface area contributed by atoms with Gasteiger partial charge in [0, 0.05) is 37.6 Å². The molecule has 2 aromatic carbocycles. The van der Waals surface area contributed by atoms with E-state index in [1.54, 1.807) is 11.0 Å². The third-order valence-corrected chi connectivity index (χ3v) is 6.61. The fourth-order valence-electron chi connectivity index (χ4n) is 3.22. The van der Waals surface area contributed by atoms with Crippen LogP contribution in [0, 0.1) is 0 Å². The molecule has 6 nitrogen and oxygen atoms in total. The van der Waals surface area contributed by atoms with Gasteiger partial charge in [0.25, 0.3) is 0 Å². The Labute approximate surface area is 172 Å². The van der Waals surface area contributed by atoms with Crippen molar-refractivity contribution in [1.29, 1.82) is 0 Å². The minimum atomic E-state index is -3.49. The van der Waals surface area contributed by atoms with Crippen molar-refractivity contribution in [3.05, 3.63) is 77.2 Å². The smallest absolute Gasteiger partial charge is 0.236 e. The van der Waals surface area contributed by atoms with Crippen molar-refractivity contribution in [2.45, 2.75) is 13.0 Å². The molecule has 0 spiro atoms. The summed E-state index contributed by atoms with van der Waals surface area (Å²) < 4.78 is 26.5. The molecule has 0 saturated carbocycles. The average Bonchev–Trinajstić information content (AvgIpc) is 2.77. The molecule has 1 amide bonds. The molecule has 154 valence electrons. The molecule has 1 fully saturated rings. The minimum absolute atomic E-state index is 0.00958. The Morgan fingerprint density at radius 2 is 1.59 bits per heavy atom. The van der Waals surface area contributed by atoms with Crippen LogP contribution in [0.5, 0.6) is 0 Å². The molecule has 1 aliphatic rings. The molecule has 7 heteroatoms. The quantitative estimate of drug-likeness (QED) is 0.757. The lowest BCUT2D eigenvalue weighted by atomic mass is 10.1. The topological polar surface area (TPSA) is 69.7 Å². The monoisotopic (exact) mass is 413 g/mol. The van der Waals surface area contributed by atoms with E-state index in [1.165, 1.54) is 9.71 Å². The molecule has 0 radical (unpaired) electrons. The zero-order valence-electron chi connectivity index (χ0n) is 16.6. The third-order valence-electron chi connectivity index (χ3n) is 5.04. The summed E-state index contributed by atoms with van der Waals surface area (Å²) >= 11 is 0. The van der Waals surface area contributed by atoms with Gasteiger partial charge in [0.15, 0.2) is 0 Å². The van der Waals surface area contributed by atoms with E-state index in [1.807, 2.05) is 67.6 Å². The maximum absolute atomic E-state index is 12.5. The number of hydrogen-bond acceptors (Lipinski definition) is 4. The lowest BCUT2D eigenvalue weighted by Gasteiger charge is -2.33. The summed E-state index contributed by atoms with van der Waals surface area (Å²) in [6.45, 7) is 3.67. The van der Waals surface area contributed by atoms with Crippen LogP contribution in [0.25, 0.3) is 6.08 Å². The van der Waals surface area contributed by atoms with Gasteiger partial charge in [-0.3, -0.25) is 4.79 Å². The summed E-state index contributed by atoms with van der Waals surface area (Å²) in [5, 5.41) is 4.48. The SMILES string of the molecule is C[C@H](NCC(=O)N1CCN(S(=O)(=O)/C=C/c2ccccc2)CC1)c1ccccc1. The van der Waals surface area contributed by atoms with E-state index in [2.05, 4.69) is 5.32 Å². The zero-order valence-corrected chi connectivity index (χ0v) is 17.4. The molecule has 0 bridgehead atoms. The van der Waals surface area contributed by atoms with Gasteiger partial charge >= 0.3 is 0 Å². The second-order valence-corrected chi connectivity index (χ2v) is 8.87. The summed E-state index contributed by atoms with van der Waals surface area (Å²) in [6, 6.07) is 19.4. The van der Waals surface area contributed by atoms with Gasteiger partial charge < -0.3 is 10.2 Å². The van der Waals surface area contributed by atoms with E-state index in [9.17, 15) is 13.2 Å². The number of carbonyl (C=O) groups excluding carboxylic acids is 1. The third kappa shape index (κ3) is 6.00. The Balaban J connectivity index is 1.48. The lowest BCUT2D eigenvalue weighted by Crippen LogP contribution is -2.52. The Morgan fingerprint density at radius 3 is 2.21 bits per heavy atom. The number of rotatable bonds is 7. The molecule has 1 heterocycles. The van der Waals surface area contributed by atoms with Crippen LogP contribution in [0.3, 0.4) is 0 Å². The van der Waals surface area contributed by atoms with Gasteiger partial charge in [-0.1, -0.05) is 60.7 Å². The number of amides is 1. The van der Waals surface area contributed by atoms with Crippen LogP contribution in [0.4, 0.5) is 0 Å². The standard InChI is InChI=1S/C22H27N3O3S/c1-19(21-10-6-3-7-11-21)23-18-22(26)24-13-15-25(16-14-24)29(27,28)17-12-20-8-4-2-5-9-20/h2-12,17,19,23H,13-16,18H2,1H3/b17-12+/t19-/m0/s1. The number of sulfonamides is 1. The van der Waals surface area contributed by atoms with E-state index < -0.39 is 10.0 Å². The van der Waals surface area contributed by atoms with Crippen molar-refractivity contribution in [3.63, 3.8) is 0 Å². The second-order valence-electron chi connectivity index (χ2n) is 7.05. The Hall–Kier alpha value is -2.48. The van der Waals surface area contributed by atoms with Crippen molar-refractivity contribution < 1.29 is 13.2 Å². The molecule has 1 saturated heterocycles. The highest BCUT2D eigenvalue weighted by molar-refractivity contribution is 7.92. The van der Waals surface area contributed by atoms with Crippen LogP contribution >= 0.6 is 0 Å². The first-order chi connectivity index (χ1) is 14.0. The highest BCUT2D eigenvalue weighted by Crippen LogP contribution is 2.13. The number of piperazine rings is 1. The first-order valence-corrected chi connectivity index (χ1v) is 11.3. The Bertz CT molecular complexity index is 922. The van der Waals surface area contributed by atoms with Crippen molar-refractivity contribution >= 4 is 22.0 Å². The van der Waals surface area contributed by atoms with Gasteiger partial charge in [-0.15, -0.1) is 0 Å². The first kappa shape index (κ1) is 21.2. The molecular formula is C22H27N3O3S. The molecule has 1 aliphatic heterocycles. The maximum atomic E-state index is 12.5. The van der Waals surface area contributed by atoms with Crippen LogP contribution in [0.15, 0.2) is 66.1 Å². The van der Waals surface area contributed by atoms with Crippen molar-refractivity contribution in [3.8, 4) is 0 Å². The number of nitrogens with zero attached hydrogens (tertiary/aromatic N) is 2. The predicted octanol–water partition coefficient (Wildman–Crippen LogP) is 2.48. The highest BCUT2D eigenvalue weighted by atomic mass is 32.2. The van der Waals surface area contributed by atoms with Crippen LogP contribution < -0.4 is 5.32 Å². The van der Waals surface area contributed by atoms with Crippen molar-refractivity contribution in [2.24, 2.45) is 0 Å². The van der Waals surface area contributed by atoms with E-state index in [4.69, 9.17) is 0 Å². The number of nitrogens with one attached hydrogen (secondary N) is 1. The van der Waals surface area contributed by atoms with Crippen LogP contribution in [-0.2, 0) is 14.8 Å². The van der Waals surface area contributed by atoms with Crippen molar-refractivity contribution in [2.75, 3.05) is 32.7 Å². The Kier molecular flexibility index (Phi) is 7.19. The van der Waals surface area contributed by atoms with Gasteiger partial charge in [0.05, 0.1) is 6.54 Å². The van der Waals surface area contributed by atoms with Gasteiger partial charge in [-0.2, -0.15) is 4.31 Å². The van der Waals surface area contributed by atoms with Crippen LogP contribution in [0.2, 0.25) is 0 Å². The van der Waals surface area contributed by atoms with Crippen LogP contribution in [-0.4, -0.2) is 56.3 Å². The second kappa shape index (κ2) is 9.82. The summed E-state index contributed by atoms with van der Waals surface area (Å²) in [5.74, 6) is -0.00958. The Morgan fingerprint density at radius 1 is 1.00 bits per heavy atom. The predicted molar refractivity (Wildman–Crippen MR) is 115 cm³/mol. The molecule has 2 aromatic rings. The fourth-order valence-corrected chi connectivity index (χ4v) is 4.39. The molecule has 1 atom stereocenters. The van der Waals surface area contributed by atoms with E-state index >= 15 is 0 Å². The highest BCUT2D eigenvalue weighted by Gasteiger charge is 2.27. The van der Waals surface area contributed by atoms with Gasteiger partial charge in [-0.05, 0) is 24.1 Å². The molecule has 0 aliphatic carbocycles. The lowest BCUT2D eigenvalue weighted by molar-refractivity contribution is -0.131. The van der Waals surface area contributed by atoms with E-state index in [-0.39, 0.29) is 18.5 Å². The summed E-state index contributed by atoms with van der Waals surface area (Å²) in [6.07, 6.45) is 1.60. The molecule has 0 unspecified atom stereocenters. The molecular weight excluding hydrogens is 386 g/mol. The number of carbonyl (C=O) groups is 1. The molecule has 0 aromatic heterocycles. The minimum Gasteiger partial charge on any atom is -0.339 e. The largest absolute Gasteiger partial charge is 0.339 e. The van der Waals surface area contributed by atoms with Gasteiger partial charge in [0.1, 0.15) is 0 Å². The molecule has 3 rings (SSSR count). The summed E-state index contributed by atoms with van der Waals surface area (Å²) in [7, 11) is -3.49. The zero-order chi connectivity index (χ0) is 20.7. The first-order valence-electron chi connectivity index (χ1n) is 9.75. The van der Waals surface area contributed by atoms with Crippen molar-refractivity contribution in [1.82, 2.24) is 14.5 Å². The summed E-state index contributed by atoms with van der Waals surface area (Å²) in [5.41, 5.74) is 1.96. The number of hydrogen-bond donors (Lipinski definition) is 1. The van der Waals surface area contributed by atoms with Crippen LogP contribution in [0.1, 0.15) is 24.1 Å². The van der Waals surface area contributed by atoms with E-state index in [0.717, 1.165) is 11.1 Å². The molecule has 29 heavy (non-hydrogen) atoms.